The van der Waals surface area contributed by atoms with Crippen molar-refractivity contribution in [3.63, 3.8) is 0 Å². The maximum atomic E-state index is 12.8. The van der Waals surface area contributed by atoms with Crippen LogP contribution in [0.2, 0.25) is 0 Å². The monoisotopic (exact) mass is 576 g/mol. The van der Waals surface area contributed by atoms with E-state index in [1.165, 1.54) is 13.1 Å². The van der Waals surface area contributed by atoms with E-state index in [-0.39, 0.29) is 29.3 Å². The van der Waals surface area contributed by atoms with Crippen LogP contribution in [0.15, 0.2) is 15.8 Å². The summed E-state index contributed by atoms with van der Waals surface area (Å²) in [7, 11) is -4.48. The largest absolute Gasteiger partial charge is 0.388 e. The van der Waals surface area contributed by atoms with Gasteiger partial charge in [0.05, 0.1) is 15.3 Å². The minimum absolute atomic E-state index is 0.0125. The predicted octanol–water partition coefficient (Wildman–Crippen LogP) is 1.03. The third-order valence-electron chi connectivity index (χ3n) is 5.99. The highest BCUT2D eigenvalue weighted by atomic mass is 127. The van der Waals surface area contributed by atoms with E-state index < -0.39 is 54.3 Å². The van der Waals surface area contributed by atoms with Crippen LogP contribution in [0.4, 0.5) is 0 Å². The third kappa shape index (κ3) is 5.32. The van der Waals surface area contributed by atoms with Gasteiger partial charge in [-0.3, -0.25) is 23.4 Å². The molecule has 0 spiro atoms. The number of halogens is 1. The van der Waals surface area contributed by atoms with Gasteiger partial charge in [-0.2, -0.15) is 0 Å². The molecule has 1 saturated heterocycles. The molecular formula is C18H30IN2O9P. The van der Waals surface area contributed by atoms with Gasteiger partial charge >= 0.3 is 13.3 Å². The second-order valence-corrected chi connectivity index (χ2v) is 11.3. The molecule has 1 aromatic rings. The standard InChI is InChI=1S/C18H30IN2O9P/c1-5-17(4,26)31(27,28)30-18(6-2,7-3)8-11-12(22)13(23)15(29-11)21-9-10(19)14(24)20-16(21)25/h9,11-13,15,22-23,26H,5-8H2,1-4H3,(H,27,28)(H,20,24,25)/t11-,12-,13-,15-,17?/m1/s1. The Labute approximate surface area is 193 Å². The van der Waals surface area contributed by atoms with E-state index in [0.29, 0.717) is 0 Å². The highest BCUT2D eigenvalue weighted by Gasteiger charge is 2.51. The molecule has 2 unspecified atom stereocenters. The van der Waals surface area contributed by atoms with Crippen LogP contribution in [0.1, 0.15) is 59.6 Å². The van der Waals surface area contributed by atoms with Gasteiger partial charge < -0.3 is 24.9 Å². The molecular weight excluding hydrogens is 546 g/mol. The van der Waals surface area contributed by atoms with Crippen molar-refractivity contribution >= 4 is 30.2 Å². The molecule has 6 atom stereocenters. The van der Waals surface area contributed by atoms with Crippen LogP contribution in [0.25, 0.3) is 0 Å². The first kappa shape index (κ1) is 26.7. The van der Waals surface area contributed by atoms with E-state index in [0.717, 1.165) is 4.57 Å². The van der Waals surface area contributed by atoms with Crippen LogP contribution in [0.3, 0.4) is 0 Å². The lowest BCUT2D eigenvalue weighted by molar-refractivity contribution is -0.0775. The van der Waals surface area contributed by atoms with Crippen molar-refractivity contribution in [1.29, 1.82) is 0 Å². The number of aliphatic hydroxyl groups is 3. The van der Waals surface area contributed by atoms with E-state index in [9.17, 15) is 34.4 Å². The van der Waals surface area contributed by atoms with Crippen molar-refractivity contribution in [2.75, 3.05) is 0 Å². The molecule has 11 nitrogen and oxygen atoms in total. The molecule has 0 saturated carbocycles. The van der Waals surface area contributed by atoms with Crippen molar-refractivity contribution in [3.8, 4) is 0 Å². The van der Waals surface area contributed by atoms with E-state index >= 15 is 0 Å². The second kappa shape index (κ2) is 9.72. The fraction of sp³-hybridized carbons (Fsp3) is 0.778. The zero-order chi connectivity index (χ0) is 23.8. The Bertz CT molecular complexity index is 943. The summed E-state index contributed by atoms with van der Waals surface area (Å²) in [6, 6.07) is 0. The Morgan fingerprint density at radius 2 is 1.81 bits per heavy atom. The Balaban J connectivity index is 2.33. The number of hydrogen-bond donors (Lipinski definition) is 5. The molecule has 5 N–H and O–H groups in total. The average molecular weight is 576 g/mol. The quantitative estimate of drug-likeness (QED) is 0.213. The fourth-order valence-corrected chi connectivity index (χ4v) is 5.30. The molecule has 31 heavy (non-hydrogen) atoms. The van der Waals surface area contributed by atoms with Gasteiger partial charge in [0.25, 0.3) is 5.56 Å². The molecule has 0 aliphatic carbocycles. The van der Waals surface area contributed by atoms with Crippen LogP contribution in [-0.4, -0.2) is 59.0 Å². The molecule has 0 aromatic carbocycles. The number of aliphatic hydroxyl groups excluding tert-OH is 2. The summed E-state index contributed by atoms with van der Waals surface area (Å²) in [6.45, 7) is 6.23. The SMILES string of the molecule is CCC(CC)(C[C@H]1O[C@@H](n2cc(I)c(=O)[nH]c2=O)[C@H](O)[C@@H]1O)OP(=O)(O)C(C)(O)CC. The van der Waals surface area contributed by atoms with Crippen molar-refractivity contribution < 1.29 is 34.0 Å². The van der Waals surface area contributed by atoms with E-state index in [1.807, 2.05) is 0 Å². The Morgan fingerprint density at radius 1 is 1.23 bits per heavy atom. The van der Waals surface area contributed by atoms with Gasteiger partial charge in [0.1, 0.15) is 12.2 Å². The van der Waals surface area contributed by atoms with Gasteiger partial charge in [0.15, 0.2) is 11.6 Å². The summed E-state index contributed by atoms with van der Waals surface area (Å²) in [6.07, 6.45) is -3.57. The highest BCUT2D eigenvalue weighted by Crippen LogP contribution is 2.59. The van der Waals surface area contributed by atoms with Crippen molar-refractivity contribution in [3.05, 3.63) is 30.6 Å². The molecule has 1 aliphatic heterocycles. The van der Waals surface area contributed by atoms with Crippen molar-refractivity contribution in [1.82, 2.24) is 9.55 Å². The van der Waals surface area contributed by atoms with Crippen LogP contribution < -0.4 is 11.2 Å². The number of hydrogen-bond acceptors (Lipinski definition) is 8. The molecule has 1 aliphatic rings. The Morgan fingerprint density at radius 3 is 2.32 bits per heavy atom. The number of nitrogens with zero attached hydrogens (tertiary/aromatic N) is 1. The minimum atomic E-state index is -4.48. The Kier molecular flexibility index (Phi) is 8.35. The van der Waals surface area contributed by atoms with E-state index in [2.05, 4.69) is 4.98 Å². The normalized spacial score (nSPS) is 28.3. The molecule has 1 fully saturated rings. The zero-order valence-electron chi connectivity index (χ0n) is 17.8. The van der Waals surface area contributed by atoms with Gasteiger partial charge in [0.2, 0.25) is 0 Å². The van der Waals surface area contributed by atoms with Crippen molar-refractivity contribution in [2.24, 2.45) is 0 Å². The number of ether oxygens (including phenoxy) is 1. The zero-order valence-corrected chi connectivity index (χ0v) is 20.9. The maximum absolute atomic E-state index is 12.8. The minimum Gasteiger partial charge on any atom is -0.388 e. The predicted molar refractivity (Wildman–Crippen MR) is 120 cm³/mol. The second-order valence-electron chi connectivity index (χ2n) is 7.97. The lowest BCUT2D eigenvalue weighted by Crippen LogP contribution is -2.41. The average Bonchev–Trinajstić information content (AvgIpc) is 2.97. The van der Waals surface area contributed by atoms with Crippen LogP contribution in [0, 0.1) is 3.57 Å². The Hall–Kier alpha value is -0.600. The van der Waals surface area contributed by atoms with Gasteiger partial charge in [-0.15, -0.1) is 0 Å². The molecule has 0 bridgehead atoms. The van der Waals surface area contributed by atoms with Gasteiger partial charge in [-0.25, -0.2) is 4.79 Å². The summed E-state index contributed by atoms with van der Waals surface area (Å²) >= 11 is 1.72. The number of aromatic nitrogens is 2. The van der Waals surface area contributed by atoms with Crippen molar-refractivity contribution in [2.45, 2.75) is 88.9 Å². The van der Waals surface area contributed by atoms with Gasteiger partial charge in [-0.05, 0) is 48.8 Å². The first-order chi connectivity index (χ1) is 14.2. The summed E-state index contributed by atoms with van der Waals surface area (Å²) < 4.78 is 25.3. The highest BCUT2D eigenvalue weighted by molar-refractivity contribution is 14.1. The number of rotatable bonds is 9. The molecule has 13 heteroatoms. The fourth-order valence-electron chi connectivity index (χ4n) is 3.41. The molecule has 178 valence electrons. The summed E-state index contributed by atoms with van der Waals surface area (Å²) in [5.74, 6) is 0. The lowest BCUT2D eigenvalue weighted by atomic mass is 9.88. The first-order valence-electron chi connectivity index (χ1n) is 10.0. The van der Waals surface area contributed by atoms with Gasteiger partial charge in [-0.1, -0.05) is 20.8 Å². The summed E-state index contributed by atoms with van der Waals surface area (Å²) in [4.78, 5) is 36.3. The smallest absolute Gasteiger partial charge is 0.359 e. The summed E-state index contributed by atoms with van der Waals surface area (Å²) in [5, 5.41) is 29.4. The molecule has 0 radical (unpaired) electrons. The molecule has 1 aromatic heterocycles. The number of aromatic amines is 1. The van der Waals surface area contributed by atoms with Crippen LogP contribution in [-0.2, 0) is 13.8 Å². The third-order valence-corrected chi connectivity index (χ3v) is 8.93. The van der Waals surface area contributed by atoms with E-state index in [1.54, 1.807) is 43.4 Å². The topological polar surface area (TPSA) is 171 Å². The summed E-state index contributed by atoms with van der Waals surface area (Å²) in [5.41, 5.74) is -2.64. The molecule has 2 heterocycles. The first-order valence-corrected chi connectivity index (χ1v) is 12.7. The van der Waals surface area contributed by atoms with E-state index in [4.69, 9.17) is 9.26 Å². The maximum Gasteiger partial charge on any atom is 0.359 e. The number of H-pyrrole nitrogens is 1. The number of nitrogens with one attached hydrogen (secondary N) is 1. The van der Waals surface area contributed by atoms with Crippen LogP contribution >= 0.6 is 30.2 Å². The van der Waals surface area contributed by atoms with Gasteiger partial charge in [0, 0.05) is 12.6 Å². The van der Waals surface area contributed by atoms with Crippen LogP contribution in [0.5, 0.6) is 0 Å². The lowest BCUT2D eigenvalue weighted by Gasteiger charge is -2.39. The molecule has 0 amide bonds. The molecule has 2 rings (SSSR count).